The number of aryl methyl sites for hydroxylation is 2. The predicted molar refractivity (Wildman–Crippen MR) is 105 cm³/mol. The van der Waals surface area contributed by atoms with Crippen LogP contribution in [-0.4, -0.2) is 33.9 Å². The lowest BCUT2D eigenvalue weighted by atomic mass is 10.1. The van der Waals surface area contributed by atoms with E-state index >= 15 is 0 Å². The van der Waals surface area contributed by atoms with Crippen molar-refractivity contribution in [1.29, 1.82) is 0 Å². The number of benzene rings is 1. The van der Waals surface area contributed by atoms with Crippen LogP contribution in [0.5, 0.6) is 11.5 Å². The minimum Gasteiger partial charge on any atom is -0.490 e. The molecule has 1 amide bonds. The first-order valence-electron chi connectivity index (χ1n) is 9.03. The zero-order chi connectivity index (χ0) is 19.4. The normalized spacial score (nSPS) is 10.8. The summed E-state index contributed by atoms with van der Waals surface area (Å²) in [7, 11) is 1.85. The Morgan fingerprint density at radius 2 is 2.00 bits per heavy atom. The molecule has 2 aromatic heterocycles. The van der Waals surface area contributed by atoms with Gasteiger partial charge < -0.3 is 14.8 Å². The molecule has 7 heteroatoms. The number of anilines is 1. The Morgan fingerprint density at radius 1 is 1.19 bits per heavy atom. The molecule has 0 fully saturated rings. The third-order valence-electron chi connectivity index (χ3n) is 4.09. The molecule has 0 aliphatic rings. The van der Waals surface area contributed by atoms with Crippen LogP contribution in [0.4, 0.5) is 5.69 Å². The van der Waals surface area contributed by atoms with E-state index < -0.39 is 0 Å². The number of carbonyl (C=O) groups is 1. The molecule has 0 aliphatic carbocycles. The van der Waals surface area contributed by atoms with Crippen LogP contribution in [0.2, 0.25) is 0 Å². The van der Waals surface area contributed by atoms with Crippen molar-refractivity contribution < 1.29 is 14.3 Å². The van der Waals surface area contributed by atoms with Gasteiger partial charge in [-0.2, -0.15) is 5.10 Å². The molecule has 3 aromatic rings. The van der Waals surface area contributed by atoms with Crippen molar-refractivity contribution in [1.82, 2.24) is 14.8 Å². The summed E-state index contributed by atoms with van der Waals surface area (Å²) in [4.78, 5) is 17.1. The summed E-state index contributed by atoms with van der Waals surface area (Å²) in [5.74, 6) is 0.972. The van der Waals surface area contributed by atoms with E-state index in [9.17, 15) is 4.79 Å². The van der Waals surface area contributed by atoms with Crippen molar-refractivity contribution >= 4 is 22.6 Å². The second kappa shape index (κ2) is 8.07. The Hall–Kier alpha value is -3.09. The van der Waals surface area contributed by atoms with E-state index in [4.69, 9.17) is 9.47 Å². The Labute approximate surface area is 158 Å². The Bertz CT molecular complexity index is 965. The molecule has 27 heavy (non-hydrogen) atoms. The lowest BCUT2D eigenvalue weighted by Gasteiger charge is -2.13. The number of nitrogens with one attached hydrogen (secondary N) is 1. The van der Waals surface area contributed by atoms with E-state index in [1.54, 1.807) is 29.1 Å². The standard InChI is InChI=1S/C20H24N4O3/c1-5-9-27-17-8-7-14(10-18(17)26-6-2)20(25)22-15-11-16-13(3)23-24(4)19(16)21-12-15/h7-8,10-12H,5-6,9H2,1-4H3,(H,22,25). The van der Waals surface area contributed by atoms with Gasteiger partial charge in [0.2, 0.25) is 0 Å². The zero-order valence-corrected chi connectivity index (χ0v) is 16.1. The van der Waals surface area contributed by atoms with E-state index in [2.05, 4.69) is 15.4 Å². The average molecular weight is 368 g/mol. The van der Waals surface area contributed by atoms with Gasteiger partial charge in [-0.25, -0.2) is 4.98 Å². The highest BCUT2D eigenvalue weighted by molar-refractivity contribution is 6.05. The summed E-state index contributed by atoms with van der Waals surface area (Å²) < 4.78 is 13.0. The lowest BCUT2D eigenvalue weighted by molar-refractivity contribution is 0.102. The first-order chi connectivity index (χ1) is 13.0. The molecule has 0 aliphatic heterocycles. The molecule has 0 unspecified atom stereocenters. The quantitative estimate of drug-likeness (QED) is 0.688. The second-order valence-corrected chi connectivity index (χ2v) is 6.20. The van der Waals surface area contributed by atoms with Crippen LogP contribution < -0.4 is 14.8 Å². The maximum atomic E-state index is 12.7. The second-order valence-electron chi connectivity index (χ2n) is 6.20. The molecule has 142 valence electrons. The van der Waals surface area contributed by atoms with Gasteiger partial charge in [-0.1, -0.05) is 6.92 Å². The van der Waals surface area contributed by atoms with Crippen molar-refractivity contribution in [2.75, 3.05) is 18.5 Å². The van der Waals surface area contributed by atoms with E-state index in [1.807, 2.05) is 33.9 Å². The fraction of sp³-hybridized carbons (Fsp3) is 0.350. The largest absolute Gasteiger partial charge is 0.490 e. The summed E-state index contributed by atoms with van der Waals surface area (Å²) in [5.41, 5.74) is 2.76. The minimum absolute atomic E-state index is 0.235. The van der Waals surface area contributed by atoms with Crippen molar-refractivity contribution in [3.63, 3.8) is 0 Å². The van der Waals surface area contributed by atoms with Crippen LogP contribution in [-0.2, 0) is 7.05 Å². The molecular weight excluding hydrogens is 344 g/mol. The lowest BCUT2D eigenvalue weighted by Crippen LogP contribution is -2.12. The number of ether oxygens (including phenoxy) is 2. The number of amides is 1. The minimum atomic E-state index is -0.235. The van der Waals surface area contributed by atoms with Gasteiger partial charge in [0, 0.05) is 18.0 Å². The molecule has 2 heterocycles. The van der Waals surface area contributed by atoms with E-state index in [0.717, 1.165) is 23.1 Å². The predicted octanol–water partition coefficient (Wildman–Crippen LogP) is 3.72. The van der Waals surface area contributed by atoms with Crippen LogP contribution in [0.25, 0.3) is 11.0 Å². The van der Waals surface area contributed by atoms with Gasteiger partial charge in [-0.15, -0.1) is 0 Å². The van der Waals surface area contributed by atoms with E-state index in [1.165, 1.54) is 0 Å². The van der Waals surface area contributed by atoms with Gasteiger partial charge >= 0.3 is 0 Å². The van der Waals surface area contributed by atoms with Crippen molar-refractivity contribution in [2.45, 2.75) is 27.2 Å². The van der Waals surface area contributed by atoms with Crippen LogP contribution >= 0.6 is 0 Å². The van der Waals surface area contributed by atoms with Gasteiger partial charge in [0.25, 0.3) is 5.91 Å². The molecule has 1 aromatic carbocycles. The first kappa shape index (κ1) is 18.7. The maximum absolute atomic E-state index is 12.7. The summed E-state index contributed by atoms with van der Waals surface area (Å²) >= 11 is 0. The van der Waals surface area contributed by atoms with Gasteiger partial charge in [-0.05, 0) is 44.5 Å². The van der Waals surface area contributed by atoms with Crippen molar-refractivity contribution in [2.24, 2.45) is 7.05 Å². The molecule has 1 N–H and O–H groups in total. The summed E-state index contributed by atoms with van der Waals surface area (Å²) in [6.45, 7) is 6.94. The monoisotopic (exact) mass is 368 g/mol. The number of nitrogens with zero attached hydrogens (tertiary/aromatic N) is 3. The molecule has 0 saturated carbocycles. The highest BCUT2D eigenvalue weighted by Crippen LogP contribution is 2.29. The number of hydrogen-bond donors (Lipinski definition) is 1. The van der Waals surface area contributed by atoms with Crippen molar-refractivity contribution in [3.05, 3.63) is 41.7 Å². The first-order valence-corrected chi connectivity index (χ1v) is 9.03. The highest BCUT2D eigenvalue weighted by atomic mass is 16.5. The molecule has 0 bridgehead atoms. The fourth-order valence-electron chi connectivity index (χ4n) is 2.83. The number of fused-ring (bicyclic) bond motifs is 1. The number of carbonyl (C=O) groups excluding carboxylic acids is 1. The number of rotatable bonds is 7. The summed E-state index contributed by atoms with van der Waals surface area (Å²) in [6, 6.07) is 7.07. The Morgan fingerprint density at radius 3 is 2.74 bits per heavy atom. The highest BCUT2D eigenvalue weighted by Gasteiger charge is 2.13. The molecule has 0 spiro atoms. The molecule has 3 rings (SSSR count). The smallest absolute Gasteiger partial charge is 0.255 e. The van der Waals surface area contributed by atoms with Gasteiger partial charge in [0.1, 0.15) is 0 Å². The van der Waals surface area contributed by atoms with Crippen LogP contribution in [0, 0.1) is 6.92 Å². The Kier molecular flexibility index (Phi) is 5.59. The van der Waals surface area contributed by atoms with Gasteiger partial charge in [-0.3, -0.25) is 9.48 Å². The fourth-order valence-corrected chi connectivity index (χ4v) is 2.83. The Balaban J connectivity index is 1.83. The third-order valence-corrected chi connectivity index (χ3v) is 4.09. The molecular formula is C20H24N4O3. The van der Waals surface area contributed by atoms with Crippen LogP contribution in [0.3, 0.4) is 0 Å². The molecule has 7 nitrogen and oxygen atoms in total. The third kappa shape index (κ3) is 4.02. The SMILES string of the molecule is CCCOc1ccc(C(=O)Nc2cnc3c(c2)c(C)nn3C)cc1OCC. The maximum Gasteiger partial charge on any atom is 0.255 e. The van der Waals surface area contributed by atoms with Gasteiger partial charge in [0.15, 0.2) is 17.1 Å². The summed E-state index contributed by atoms with van der Waals surface area (Å²) in [5, 5.41) is 8.14. The molecule has 0 saturated heterocycles. The topological polar surface area (TPSA) is 78.3 Å². The number of pyridine rings is 1. The van der Waals surface area contributed by atoms with Gasteiger partial charge in [0.05, 0.1) is 30.8 Å². The van der Waals surface area contributed by atoms with E-state index in [0.29, 0.717) is 36.0 Å². The summed E-state index contributed by atoms with van der Waals surface area (Å²) in [6.07, 6.45) is 2.53. The number of hydrogen-bond acceptors (Lipinski definition) is 5. The van der Waals surface area contributed by atoms with Crippen molar-refractivity contribution in [3.8, 4) is 11.5 Å². The van der Waals surface area contributed by atoms with Crippen LogP contribution in [0.1, 0.15) is 36.3 Å². The average Bonchev–Trinajstić information content (AvgIpc) is 2.94. The zero-order valence-electron chi connectivity index (χ0n) is 16.1. The molecule has 0 atom stereocenters. The number of aromatic nitrogens is 3. The van der Waals surface area contributed by atoms with E-state index in [-0.39, 0.29) is 5.91 Å². The molecule has 0 radical (unpaired) electrons. The van der Waals surface area contributed by atoms with Crippen LogP contribution in [0.15, 0.2) is 30.5 Å².